The first-order chi connectivity index (χ1) is 20.4. The number of pyridine rings is 3. The predicted octanol–water partition coefficient (Wildman–Crippen LogP) is 3.04. The Balaban J connectivity index is 1.08. The Kier molecular flexibility index (Phi) is 8.22. The second kappa shape index (κ2) is 12.0. The first-order valence-corrected chi connectivity index (χ1v) is 14.6. The van der Waals surface area contributed by atoms with Crippen molar-refractivity contribution < 1.29 is 28.1 Å². The predicted molar refractivity (Wildman–Crippen MR) is 153 cm³/mol. The lowest BCUT2D eigenvalue weighted by atomic mass is 9.69. The Hall–Kier alpha value is -3.45. The number of aryl methyl sites for hydroxylation is 1. The number of nitrogens with one attached hydrogen (secondary N) is 2. The SMILES string of the molecule is CCOc1ccc(CNC23CCC(CCc4c(F)cnc5ccc(OCC6OCC6N)nc45)(CC2)OC3)nc1NC=O. The monoisotopic (exact) mass is 580 g/mol. The molecule has 0 aromatic carbocycles. The van der Waals surface area contributed by atoms with Gasteiger partial charge < -0.3 is 35.3 Å². The molecule has 2 unspecified atom stereocenters. The Bertz CT molecular complexity index is 1420. The fraction of sp³-hybridized carbons (Fsp3) is 0.533. The number of rotatable bonds is 13. The molecule has 3 aliphatic heterocycles. The fourth-order valence-electron chi connectivity index (χ4n) is 6.04. The van der Waals surface area contributed by atoms with E-state index < -0.39 is 0 Å². The molecule has 4 fully saturated rings. The van der Waals surface area contributed by atoms with Crippen LogP contribution in [0.4, 0.5) is 10.2 Å². The first-order valence-electron chi connectivity index (χ1n) is 14.6. The largest absolute Gasteiger partial charge is 0.490 e. The molecule has 3 aromatic rings. The molecule has 12 heteroatoms. The molecule has 1 amide bonds. The van der Waals surface area contributed by atoms with Crippen LogP contribution >= 0.6 is 0 Å². The average Bonchev–Trinajstić information content (AvgIpc) is 3.01. The van der Waals surface area contributed by atoms with E-state index in [1.165, 1.54) is 6.20 Å². The number of nitrogens with two attached hydrogens (primary N) is 1. The fourth-order valence-corrected chi connectivity index (χ4v) is 6.04. The van der Waals surface area contributed by atoms with Gasteiger partial charge >= 0.3 is 0 Å². The van der Waals surface area contributed by atoms with E-state index in [4.69, 9.17) is 24.7 Å². The highest BCUT2D eigenvalue weighted by Crippen LogP contribution is 2.46. The van der Waals surface area contributed by atoms with Crippen LogP contribution in [0.3, 0.4) is 0 Å². The Morgan fingerprint density at radius 3 is 2.71 bits per heavy atom. The standard InChI is InChI=1S/C30H37FN6O5/c1-2-39-24-5-3-19(36-28(24)34-18-38)13-35-29-9-11-30(12-10-29,42-17-29)8-7-20-21(31)14-33-23-4-6-26(37-27(20)23)41-16-25-22(32)15-40-25/h3-6,14,18,22,25,35H,2,7-13,15-17,32H2,1H3,(H,34,36,38). The molecule has 11 nitrogen and oxygen atoms in total. The third-order valence-corrected chi connectivity index (χ3v) is 8.77. The van der Waals surface area contributed by atoms with Crippen LogP contribution in [0.25, 0.3) is 11.0 Å². The van der Waals surface area contributed by atoms with E-state index in [0.717, 1.165) is 31.4 Å². The maximum atomic E-state index is 15.1. The highest BCUT2D eigenvalue weighted by atomic mass is 19.1. The number of hydrogen-bond acceptors (Lipinski definition) is 10. The number of ether oxygens (including phenoxy) is 4. The molecule has 1 aliphatic carbocycles. The van der Waals surface area contributed by atoms with Gasteiger partial charge in [0.25, 0.3) is 0 Å². The second-order valence-corrected chi connectivity index (χ2v) is 11.4. The van der Waals surface area contributed by atoms with Crippen molar-refractivity contribution in [2.75, 3.05) is 31.7 Å². The lowest BCUT2D eigenvalue weighted by Crippen LogP contribution is -2.61. The van der Waals surface area contributed by atoms with E-state index in [9.17, 15) is 4.79 Å². The van der Waals surface area contributed by atoms with E-state index >= 15 is 4.39 Å². The number of amides is 1. The number of aromatic nitrogens is 3. The molecule has 2 bridgehead atoms. The quantitative estimate of drug-likeness (QED) is 0.258. The number of anilines is 1. The van der Waals surface area contributed by atoms with Crippen molar-refractivity contribution in [1.29, 1.82) is 0 Å². The minimum atomic E-state index is -0.373. The van der Waals surface area contributed by atoms with Crippen LogP contribution in [0.1, 0.15) is 50.3 Å². The molecule has 224 valence electrons. The van der Waals surface area contributed by atoms with Gasteiger partial charge in [0.1, 0.15) is 18.5 Å². The number of fused-ring (bicyclic) bond motifs is 4. The second-order valence-electron chi connectivity index (χ2n) is 11.4. The Morgan fingerprint density at radius 1 is 1.17 bits per heavy atom. The number of hydrogen-bond donors (Lipinski definition) is 3. The molecule has 6 heterocycles. The van der Waals surface area contributed by atoms with Crippen LogP contribution in [0.2, 0.25) is 0 Å². The van der Waals surface area contributed by atoms with E-state index in [2.05, 4.69) is 25.6 Å². The van der Waals surface area contributed by atoms with Gasteiger partial charge in [-0.15, -0.1) is 0 Å². The van der Waals surface area contributed by atoms with Crippen molar-refractivity contribution in [2.45, 2.75) is 75.3 Å². The molecule has 0 radical (unpaired) electrons. The van der Waals surface area contributed by atoms with Crippen molar-refractivity contribution >= 4 is 23.3 Å². The molecule has 1 saturated carbocycles. The molecular weight excluding hydrogens is 543 g/mol. The summed E-state index contributed by atoms with van der Waals surface area (Å²) in [5.41, 5.74) is 7.95. The van der Waals surface area contributed by atoms with Crippen LogP contribution in [-0.2, 0) is 27.2 Å². The first kappa shape index (κ1) is 28.7. The van der Waals surface area contributed by atoms with Gasteiger partial charge in [0.05, 0.1) is 54.4 Å². The highest BCUT2D eigenvalue weighted by Gasteiger charge is 2.49. The van der Waals surface area contributed by atoms with Crippen molar-refractivity contribution in [1.82, 2.24) is 20.3 Å². The zero-order valence-electron chi connectivity index (χ0n) is 23.7. The van der Waals surface area contributed by atoms with Gasteiger partial charge in [0.2, 0.25) is 12.3 Å². The molecule has 4 N–H and O–H groups in total. The third kappa shape index (κ3) is 5.89. The van der Waals surface area contributed by atoms with Crippen LogP contribution in [0, 0.1) is 5.82 Å². The summed E-state index contributed by atoms with van der Waals surface area (Å²) in [6.07, 6.45) is 6.54. The summed E-state index contributed by atoms with van der Waals surface area (Å²) in [5.74, 6) is 0.976. The minimum Gasteiger partial charge on any atom is -0.490 e. The van der Waals surface area contributed by atoms with Crippen molar-refractivity contribution in [3.05, 3.63) is 47.5 Å². The smallest absolute Gasteiger partial charge is 0.214 e. The van der Waals surface area contributed by atoms with Gasteiger partial charge in [-0.2, -0.15) is 0 Å². The van der Waals surface area contributed by atoms with E-state index in [1.54, 1.807) is 12.1 Å². The van der Waals surface area contributed by atoms with E-state index in [1.807, 2.05) is 19.1 Å². The summed E-state index contributed by atoms with van der Waals surface area (Å²) in [6, 6.07) is 7.22. The summed E-state index contributed by atoms with van der Waals surface area (Å²) in [7, 11) is 0. The highest BCUT2D eigenvalue weighted by molar-refractivity contribution is 5.78. The van der Waals surface area contributed by atoms with Crippen LogP contribution in [0.5, 0.6) is 11.6 Å². The zero-order chi connectivity index (χ0) is 29.2. The Labute approximate surface area is 243 Å². The summed E-state index contributed by atoms with van der Waals surface area (Å²) in [6.45, 7) is 4.31. The topological polar surface area (TPSA) is 143 Å². The molecule has 0 spiro atoms. The number of carbonyl (C=O) groups is 1. The summed E-state index contributed by atoms with van der Waals surface area (Å²) in [5, 5.41) is 6.29. The minimum absolute atomic E-state index is 0.0401. The lowest BCUT2D eigenvalue weighted by molar-refractivity contribution is -0.165. The van der Waals surface area contributed by atoms with Gasteiger partial charge in [-0.1, -0.05) is 0 Å². The van der Waals surface area contributed by atoms with E-state index in [0.29, 0.717) is 86.3 Å². The van der Waals surface area contributed by atoms with Crippen LogP contribution < -0.4 is 25.8 Å². The number of halogens is 1. The van der Waals surface area contributed by atoms with Crippen LogP contribution in [0.15, 0.2) is 30.5 Å². The number of carbonyl (C=O) groups excluding carboxylic acids is 1. The molecule has 4 aliphatic rings. The van der Waals surface area contributed by atoms with Gasteiger partial charge in [-0.05, 0) is 63.6 Å². The average molecular weight is 581 g/mol. The van der Waals surface area contributed by atoms with Gasteiger partial charge in [-0.3, -0.25) is 9.78 Å². The molecule has 2 atom stereocenters. The Morgan fingerprint density at radius 2 is 2.02 bits per heavy atom. The molecule has 3 aromatic heterocycles. The van der Waals surface area contributed by atoms with Crippen molar-refractivity contribution in [3.8, 4) is 11.6 Å². The van der Waals surface area contributed by atoms with Gasteiger partial charge in [0, 0.05) is 23.7 Å². The number of nitrogens with zero attached hydrogens (tertiary/aromatic N) is 3. The van der Waals surface area contributed by atoms with Crippen molar-refractivity contribution in [3.63, 3.8) is 0 Å². The summed E-state index contributed by atoms with van der Waals surface area (Å²) < 4.78 is 38.3. The lowest BCUT2D eigenvalue weighted by Gasteiger charge is -2.53. The summed E-state index contributed by atoms with van der Waals surface area (Å²) >= 11 is 0. The maximum absolute atomic E-state index is 15.1. The van der Waals surface area contributed by atoms with Crippen LogP contribution in [-0.4, -0.2) is 71.1 Å². The van der Waals surface area contributed by atoms with Gasteiger partial charge in [-0.25, -0.2) is 14.4 Å². The maximum Gasteiger partial charge on any atom is 0.214 e. The third-order valence-electron chi connectivity index (χ3n) is 8.77. The molecule has 7 rings (SSSR count). The summed E-state index contributed by atoms with van der Waals surface area (Å²) in [4.78, 5) is 24.4. The normalized spacial score (nSPS) is 26.5. The van der Waals surface area contributed by atoms with Crippen molar-refractivity contribution in [2.24, 2.45) is 5.73 Å². The molecule has 42 heavy (non-hydrogen) atoms. The van der Waals surface area contributed by atoms with Gasteiger partial charge in [0.15, 0.2) is 11.6 Å². The zero-order valence-corrected chi connectivity index (χ0v) is 23.7. The molecular formula is C30H37FN6O5. The van der Waals surface area contributed by atoms with E-state index in [-0.39, 0.29) is 29.1 Å². The molecule has 3 saturated heterocycles.